The Bertz CT molecular complexity index is 1060. The summed E-state index contributed by atoms with van der Waals surface area (Å²) < 4.78 is 10.5. The molecule has 3 rings (SSSR count). The van der Waals surface area contributed by atoms with E-state index in [0.717, 1.165) is 11.1 Å². The molecule has 0 aromatic heterocycles. The van der Waals surface area contributed by atoms with Gasteiger partial charge in [-0.1, -0.05) is 36.4 Å². The van der Waals surface area contributed by atoms with Gasteiger partial charge in [0.15, 0.2) is 0 Å². The maximum atomic E-state index is 12.2. The molecular weight excluding hydrogens is 426 g/mol. The molecule has 174 valence electrons. The first kappa shape index (κ1) is 23.8. The van der Waals surface area contributed by atoms with E-state index in [1.807, 2.05) is 30.3 Å². The van der Waals surface area contributed by atoms with Crippen LogP contribution in [0, 0.1) is 10.1 Å². The molecule has 0 unspecified atom stereocenters. The van der Waals surface area contributed by atoms with Crippen molar-refractivity contribution in [1.82, 2.24) is 4.90 Å². The molecule has 1 aliphatic heterocycles. The van der Waals surface area contributed by atoms with Crippen LogP contribution in [-0.2, 0) is 16.1 Å². The fourth-order valence-electron chi connectivity index (χ4n) is 3.32. The minimum atomic E-state index is -0.703. The number of anilines is 1. The van der Waals surface area contributed by atoms with E-state index in [-0.39, 0.29) is 18.0 Å². The molecule has 2 amide bonds. The number of carbonyl (C=O) groups is 2. The third-order valence-electron chi connectivity index (χ3n) is 4.86. The fourth-order valence-corrected chi connectivity index (χ4v) is 3.32. The first-order valence-corrected chi connectivity index (χ1v) is 10.6. The molecule has 0 radical (unpaired) electrons. The van der Waals surface area contributed by atoms with Gasteiger partial charge in [0.05, 0.1) is 16.2 Å². The van der Waals surface area contributed by atoms with Gasteiger partial charge in [-0.05, 0) is 50.5 Å². The zero-order valence-electron chi connectivity index (χ0n) is 18.9. The summed E-state index contributed by atoms with van der Waals surface area (Å²) in [5, 5.41) is 14.2. The van der Waals surface area contributed by atoms with Crippen molar-refractivity contribution in [1.29, 1.82) is 0 Å². The van der Waals surface area contributed by atoms with E-state index in [9.17, 15) is 19.7 Å². The molecule has 0 spiro atoms. The first-order valence-electron chi connectivity index (χ1n) is 10.6. The second kappa shape index (κ2) is 10.2. The van der Waals surface area contributed by atoms with Crippen LogP contribution in [0.25, 0.3) is 5.57 Å². The van der Waals surface area contributed by atoms with Crippen LogP contribution in [0.3, 0.4) is 0 Å². The Morgan fingerprint density at radius 1 is 1.15 bits per heavy atom. The van der Waals surface area contributed by atoms with E-state index >= 15 is 0 Å². The van der Waals surface area contributed by atoms with Gasteiger partial charge in [0.25, 0.3) is 5.69 Å². The van der Waals surface area contributed by atoms with Crippen LogP contribution in [0.4, 0.5) is 21.0 Å². The van der Waals surface area contributed by atoms with Crippen molar-refractivity contribution in [2.75, 3.05) is 18.4 Å². The largest absolute Gasteiger partial charge is 0.444 e. The van der Waals surface area contributed by atoms with Crippen molar-refractivity contribution >= 4 is 29.1 Å². The molecule has 2 aromatic rings. The molecule has 2 aromatic carbocycles. The van der Waals surface area contributed by atoms with Crippen molar-refractivity contribution in [3.05, 3.63) is 75.8 Å². The summed E-state index contributed by atoms with van der Waals surface area (Å²) >= 11 is 0. The molecule has 0 saturated heterocycles. The molecule has 0 aliphatic carbocycles. The monoisotopic (exact) mass is 453 g/mol. The normalized spacial score (nSPS) is 13.7. The summed E-state index contributed by atoms with van der Waals surface area (Å²) in [6.45, 7) is 6.18. The van der Waals surface area contributed by atoms with Crippen LogP contribution in [0.5, 0.6) is 0 Å². The predicted octanol–water partition coefficient (Wildman–Crippen LogP) is 5.37. The number of hydrogen-bond donors (Lipinski definition) is 1. The number of nitrogens with zero attached hydrogens (tertiary/aromatic N) is 2. The zero-order chi connectivity index (χ0) is 24.0. The lowest BCUT2D eigenvalue weighted by molar-refractivity contribution is -0.385. The van der Waals surface area contributed by atoms with E-state index in [1.54, 1.807) is 43.9 Å². The van der Waals surface area contributed by atoms with Crippen LogP contribution < -0.4 is 5.32 Å². The van der Waals surface area contributed by atoms with Crippen molar-refractivity contribution < 1.29 is 24.0 Å². The van der Waals surface area contributed by atoms with Gasteiger partial charge in [-0.2, -0.15) is 0 Å². The lowest BCUT2D eigenvalue weighted by Gasteiger charge is -2.29. The van der Waals surface area contributed by atoms with Gasteiger partial charge in [-0.3, -0.25) is 15.4 Å². The van der Waals surface area contributed by atoms with E-state index in [0.29, 0.717) is 25.1 Å². The minimum absolute atomic E-state index is 0.0912. The van der Waals surface area contributed by atoms with E-state index in [2.05, 4.69) is 5.32 Å². The quantitative estimate of drug-likeness (QED) is 0.481. The van der Waals surface area contributed by atoms with Crippen molar-refractivity contribution in [3.8, 4) is 0 Å². The van der Waals surface area contributed by atoms with E-state index < -0.39 is 22.7 Å². The second-order valence-corrected chi connectivity index (χ2v) is 8.58. The number of rotatable bonds is 5. The standard InChI is InChI=1S/C24H27N3O6/c1-24(2,3)33-23(29)26-13-11-18(12-14-26)20-10-9-19(15-21(20)27(30)31)25-22(28)32-16-17-7-5-4-6-8-17/h4-11,15H,12-14,16H2,1-3H3,(H,25,28). The van der Waals surface area contributed by atoms with Gasteiger partial charge in [0.2, 0.25) is 0 Å². The van der Waals surface area contributed by atoms with Crippen LogP contribution in [0.2, 0.25) is 0 Å². The summed E-state index contributed by atoms with van der Waals surface area (Å²) in [5.41, 5.74) is 1.58. The summed E-state index contributed by atoms with van der Waals surface area (Å²) in [7, 11) is 0. The topological polar surface area (TPSA) is 111 Å². The number of nitro groups is 1. The number of benzene rings is 2. The molecule has 33 heavy (non-hydrogen) atoms. The number of nitro benzene ring substituents is 1. The molecule has 1 aliphatic rings. The summed E-state index contributed by atoms with van der Waals surface area (Å²) in [6, 6.07) is 13.7. The predicted molar refractivity (Wildman–Crippen MR) is 124 cm³/mol. The lowest BCUT2D eigenvalue weighted by atomic mass is 9.97. The first-order chi connectivity index (χ1) is 15.6. The molecular formula is C24H27N3O6. The molecule has 9 nitrogen and oxygen atoms in total. The highest BCUT2D eigenvalue weighted by Gasteiger charge is 2.26. The third-order valence-corrected chi connectivity index (χ3v) is 4.86. The average molecular weight is 453 g/mol. The Balaban J connectivity index is 1.67. The molecule has 9 heteroatoms. The second-order valence-electron chi connectivity index (χ2n) is 8.58. The summed E-state index contributed by atoms with van der Waals surface area (Å²) in [5.74, 6) is 0. The lowest BCUT2D eigenvalue weighted by Crippen LogP contribution is -2.39. The van der Waals surface area contributed by atoms with E-state index in [4.69, 9.17) is 9.47 Å². The average Bonchev–Trinajstić information content (AvgIpc) is 2.77. The number of amides is 2. The summed E-state index contributed by atoms with van der Waals surface area (Å²) in [6.07, 6.45) is 1.12. The van der Waals surface area contributed by atoms with Gasteiger partial charge >= 0.3 is 12.2 Å². The zero-order valence-corrected chi connectivity index (χ0v) is 18.9. The van der Waals surface area contributed by atoms with Gasteiger partial charge < -0.3 is 14.4 Å². The molecule has 0 atom stereocenters. The Hall–Kier alpha value is -3.88. The Morgan fingerprint density at radius 2 is 1.88 bits per heavy atom. The van der Waals surface area contributed by atoms with Gasteiger partial charge in [0, 0.05) is 19.2 Å². The highest BCUT2D eigenvalue weighted by molar-refractivity contribution is 5.86. The molecule has 1 heterocycles. The highest BCUT2D eigenvalue weighted by atomic mass is 16.6. The number of ether oxygens (including phenoxy) is 2. The Kier molecular flexibility index (Phi) is 7.32. The third kappa shape index (κ3) is 6.80. The Morgan fingerprint density at radius 3 is 2.48 bits per heavy atom. The summed E-state index contributed by atoms with van der Waals surface area (Å²) in [4.78, 5) is 37.1. The maximum Gasteiger partial charge on any atom is 0.411 e. The maximum absolute atomic E-state index is 12.2. The van der Waals surface area contributed by atoms with Gasteiger partial charge in [-0.25, -0.2) is 9.59 Å². The van der Waals surface area contributed by atoms with Crippen molar-refractivity contribution in [3.63, 3.8) is 0 Å². The van der Waals surface area contributed by atoms with Crippen molar-refractivity contribution in [2.24, 2.45) is 0 Å². The number of carbonyl (C=O) groups excluding carboxylic acids is 2. The van der Waals surface area contributed by atoms with Crippen molar-refractivity contribution in [2.45, 2.75) is 39.4 Å². The SMILES string of the molecule is CC(C)(C)OC(=O)N1CC=C(c2ccc(NC(=O)OCc3ccccc3)cc2[N+](=O)[O-])CC1. The minimum Gasteiger partial charge on any atom is -0.444 e. The smallest absolute Gasteiger partial charge is 0.411 e. The van der Waals surface area contributed by atoms with Gasteiger partial charge in [0.1, 0.15) is 12.2 Å². The fraction of sp³-hybridized carbons (Fsp3) is 0.333. The number of nitrogens with one attached hydrogen (secondary N) is 1. The van der Waals surface area contributed by atoms with Gasteiger partial charge in [-0.15, -0.1) is 0 Å². The molecule has 0 saturated carbocycles. The highest BCUT2D eigenvalue weighted by Crippen LogP contribution is 2.33. The molecule has 0 bridgehead atoms. The molecule has 0 fully saturated rings. The van der Waals surface area contributed by atoms with Crippen LogP contribution in [-0.4, -0.2) is 40.7 Å². The molecule has 1 N–H and O–H groups in total. The Labute approximate surface area is 192 Å². The van der Waals surface area contributed by atoms with Crippen LogP contribution in [0.1, 0.15) is 38.3 Å². The number of hydrogen-bond acceptors (Lipinski definition) is 6. The van der Waals surface area contributed by atoms with E-state index in [1.165, 1.54) is 6.07 Å². The van der Waals surface area contributed by atoms with Crippen LogP contribution in [0.15, 0.2) is 54.6 Å². The van der Waals surface area contributed by atoms with Crippen LogP contribution >= 0.6 is 0 Å².